The topological polar surface area (TPSA) is 53.4 Å². The third-order valence-electron chi connectivity index (χ3n) is 3.58. The number of thiophene rings is 1. The van der Waals surface area contributed by atoms with Crippen molar-refractivity contribution in [1.29, 1.82) is 0 Å². The average molecular weight is 308 g/mol. The standard InChI is InChI=1S/C14H16N2O2S2/c1-14(18)4-6-16(7-5-14)13(17)10-9-20-12(15-10)11-3-2-8-19-11/h2-3,8-9,18H,4-7H2,1H3. The lowest BCUT2D eigenvalue weighted by atomic mass is 9.94. The number of amides is 1. The number of carbonyl (C=O) groups is 1. The molecule has 0 atom stereocenters. The van der Waals surface area contributed by atoms with Crippen LogP contribution >= 0.6 is 22.7 Å². The summed E-state index contributed by atoms with van der Waals surface area (Å²) < 4.78 is 0. The second-order valence-corrected chi connectivity index (χ2v) is 7.11. The molecule has 1 amide bonds. The van der Waals surface area contributed by atoms with Gasteiger partial charge in [0.25, 0.3) is 5.91 Å². The summed E-state index contributed by atoms with van der Waals surface area (Å²) in [5, 5.41) is 14.6. The molecule has 2 aromatic heterocycles. The third kappa shape index (κ3) is 2.77. The molecular formula is C14H16N2O2S2. The summed E-state index contributed by atoms with van der Waals surface area (Å²) in [5.41, 5.74) is -0.124. The highest BCUT2D eigenvalue weighted by Gasteiger charge is 2.30. The highest BCUT2D eigenvalue weighted by atomic mass is 32.1. The Balaban J connectivity index is 1.72. The number of carbonyl (C=O) groups excluding carboxylic acids is 1. The molecule has 0 radical (unpaired) electrons. The van der Waals surface area contributed by atoms with Gasteiger partial charge in [0.2, 0.25) is 0 Å². The van der Waals surface area contributed by atoms with Crippen LogP contribution in [0.5, 0.6) is 0 Å². The second kappa shape index (κ2) is 5.27. The summed E-state index contributed by atoms with van der Waals surface area (Å²) in [7, 11) is 0. The molecule has 0 unspecified atom stereocenters. The van der Waals surface area contributed by atoms with Gasteiger partial charge >= 0.3 is 0 Å². The number of nitrogens with zero attached hydrogens (tertiary/aromatic N) is 2. The Morgan fingerprint density at radius 2 is 2.15 bits per heavy atom. The van der Waals surface area contributed by atoms with Gasteiger partial charge < -0.3 is 10.0 Å². The molecule has 0 aromatic carbocycles. The largest absolute Gasteiger partial charge is 0.390 e. The van der Waals surface area contributed by atoms with Crippen LogP contribution in [0.1, 0.15) is 30.3 Å². The summed E-state index contributed by atoms with van der Waals surface area (Å²) in [6, 6.07) is 3.99. The Hall–Kier alpha value is -1.24. The van der Waals surface area contributed by atoms with Crippen molar-refractivity contribution in [2.75, 3.05) is 13.1 Å². The summed E-state index contributed by atoms with van der Waals surface area (Å²) in [6.45, 7) is 3.02. The van der Waals surface area contributed by atoms with Crippen LogP contribution in [0, 0.1) is 0 Å². The van der Waals surface area contributed by atoms with Crippen molar-refractivity contribution >= 4 is 28.6 Å². The van der Waals surface area contributed by atoms with E-state index in [2.05, 4.69) is 4.98 Å². The average Bonchev–Trinajstić information content (AvgIpc) is 3.09. The van der Waals surface area contributed by atoms with Gasteiger partial charge in [-0.15, -0.1) is 22.7 Å². The Morgan fingerprint density at radius 3 is 2.80 bits per heavy atom. The van der Waals surface area contributed by atoms with Crippen LogP contribution in [0.15, 0.2) is 22.9 Å². The van der Waals surface area contributed by atoms with Gasteiger partial charge in [-0.1, -0.05) is 6.07 Å². The molecule has 1 aliphatic heterocycles. The van der Waals surface area contributed by atoms with E-state index in [1.807, 2.05) is 29.8 Å². The number of thiazole rings is 1. The van der Waals surface area contributed by atoms with Crippen molar-refractivity contribution in [1.82, 2.24) is 9.88 Å². The summed E-state index contributed by atoms with van der Waals surface area (Å²) in [4.78, 5) is 19.7. The van der Waals surface area contributed by atoms with Crippen molar-refractivity contribution in [2.45, 2.75) is 25.4 Å². The quantitative estimate of drug-likeness (QED) is 0.928. The fourth-order valence-corrected chi connectivity index (χ4v) is 3.85. The first kappa shape index (κ1) is 13.7. The summed E-state index contributed by atoms with van der Waals surface area (Å²) >= 11 is 3.13. The number of rotatable bonds is 2. The maximum atomic E-state index is 12.4. The van der Waals surface area contributed by atoms with E-state index in [0.29, 0.717) is 31.6 Å². The number of aliphatic hydroxyl groups is 1. The molecular weight excluding hydrogens is 292 g/mol. The molecule has 0 spiro atoms. The number of likely N-dealkylation sites (tertiary alicyclic amines) is 1. The maximum absolute atomic E-state index is 12.4. The van der Waals surface area contributed by atoms with Crippen LogP contribution in [0.4, 0.5) is 0 Å². The number of hydrogen-bond acceptors (Lipinski definition) is 5. The van der Waals surface area contributed by atoms with Crippen LogP contribution in [0.2, 0.25) is 0 Å². The number of piperidine rings is 1. The molecule has 1 aliphatic rings. The molecule has 20 heavy (non-hydrogen) atoms. The number of aromatic nitrogens is 1. The molecule has 0 aliphatic carbocycles. The normalized spacial score (nSPS) is 18.2. The molecule has 106 valence electrons. The maximum Gasteiger partial charge on any atom is 0.273 e. The third-order valence-corrected chi connectivity index (χ3v) is 5.46. The van der Waals surface area contributed by atoms with Gasteiger partial charge in [-0.25, -0.2) is 4.98 Å². The zero-order valence-electron chi connectivity index (χ0n) is 11.2. The van der Waals surface area contributed by atoms with Crippen molar-refractivity contribution in [3.8, 4) is 9.88 Å². The summed E-state index contributed by atoms with van der Waals surface area (Å²) in [5.74, 6) is -0.0282. The van der Waals surface area contributed by atoms with Crippen LogP contribution in [-0.4, -0.2) is 39.6 Å². The molecule has 2 aromatic rings. The molecule has 0 saturated carbocycles. The molecule has 0 bridgehead atoms. The van der Waals surface area contributed by atoms with E-state index in [0.717, 1.165) is 9.88 Å². The zero-order chi connectivity index (χ0) is 14.2. The van der Waals surface area contributed by atoms with E-state index >= 15 is 0 Å². The van der Waals surface area contributed by atoms with E-state index in [1.165, 1.54) is 11.3 Å². The summed E-state index contributed by atoms with van der Waals surface area (Å²) in [6.07, 6.45) is 1.25. The second-order valence-electron chi connectivity index (χ2n) is 5.30. The van der Waals surface area contributed by atoms with Crippen molar-refractivity contribution in [2.24, 2.45) is 0 Å². The lowest BCUT2D eigenvalue weighted by Gasteiger charge is -2.35. The van der Waals surface area contributed by atoms with E-state index in [1.54, 1.807) is 16.2 Å². The van der Waals surface area contributed by atoms with Gasteiger partial charge in [-0.2, -0.15) is 0 Å². The molecule has 1 N–H and O–H groups in total. The first-order chi connectivity index (χ1) is 9.55. The van der Waals surface area contributed by atoms with Gasteiger partial charge in [0.1, 0.15) is 10.7 Å². The SMILES string of the molecule is CC1(O)CCN(C(=O)c2csc(-c3cccs3)n2)CC1. The molecule has 1 saturated heterocycles. The lowest BCUT2D eigenvalue weighted by Crippen LogP contribution is -2.45. The van der Waals surface area contributed by atoms with Crippen LogP contribution < -0.4 is 0 Å². The lowest BCUT2D eigenvalue weighted by molar-refractivity contribution is -0.00216. The Labute approximate surface area is 125 Å². The predicted molar refractivity (Wildman–Crippen MR) is 81.2 cm³/mol. The van der Waals surface area contributed by atoms with Crippen molar-refractivity contribution < 1.29 is 9.90 Å². The fourth-order valence-electron chi connectivity index (χ4n) is 2.24. The number of hydrogen-bond donors (Lipinski definition) is 1. The smallest absolute Gasteiger partial charge is 0.273 e. The first-order valence-corrected chi connectivity index (χ1v) is 8.32. The minimum Gasteiger partial charge on any atom is -0.390 e. The molecule has 4 nitrogen and oxygen atoms in total. The Bertz CT molecular complexity index is 594. The Morgan fingerprint density at radius 1 is 1.40 bits per heavy atom. The van der Waals surface area contributed by atoms with Gasteiger partial charge in [0, 0.05) is 18.5 Å². The first-order valence-electron chi connectivity index (χ1n) is 6.56. The van der Waals surface area contributed by atoms with Crippen molar-refractivity contribution in [3.63, 3.8) is 0 Å². The van der Waals surface area contributed by atoms with Crippen molar-refractivity contribution in [3.05, 3.63) is 28.6 Å². The molecule has 6 heteroatoms. The monoisotopic (exact) mass is 308 g/mol. The van der Waals surface area contributed by atoms with Gasteiger partial charge in [-0.05, 0) is 31.2 Å². The molecule has 3 rings (SSSR count). The fraction of sp³-hybridized carbons (Fsp3) is 0.429. The van der Waals surface area contributed by atoms with E-state index < -0.39 is 5.60 Å². The molecule has 3 heterocycles. The van der Waals surface area contributed by atoms with E-state index in [-0.39, 0.29) is 5.91 Å². The highest BCUT2D eigenvalue weighted by molar-refractivity contribution is 7.20. The predicted octanol–water partition coefficient (Wildman–Crippen LogP) is 2.86. The zero-order valence-corrected chi connectivity index (χ0v) is 12.8. The molecule has 1 fully saturated rings. The van der Waals surface area contributed by atoms with Gasteiger partial charge in [0.05, 0.1) is 10.5 Å². The van der Waals surface area contributed by atoms with E-state index in [9.17, 15) is 9.90 Å². The Kier molecular flexibility index (Phi) is 3.62. The highest BCUT2D eigenvalue weighted by Crippen LogP contribution is 2.29. The van der Waals surface area contributed by atoms with Gasteiger partial charge in [-0.3, -0.25) is 4.79 Å². The minimum atomic E-state index is -0.638. The van der Waals surface area contributed by atoms with Crippen LogP contribution in [-0.2, 0) is 0 Å². The van der Waals surface area contributed by atoms with Gasteiger partial charge in [0.15, 0.2) is 0 Å². The van der Waals surface area contributed by atoms with E-state index in [4.69, 9.17) is 0 Å². The minimum absolute atomic E-state index is 0.0282. The van der Waals surface area contributed by atoms with Crippen LogP contribution in [0.3, 0.4) is 0 Å². The van der Waals surface area contributed by atoms with Crippen LogP contribution in [0.25, 0.3) is 9.88 Å².